The fourth-order valence-electron chi connectivity index (χ4n) is 3.39. The van der Waals surface area contributed by atoms with Crippen LogP contribution < -0.4 is 5.32 Å². The standard InChI is InChI=1S/C18H22N4O/c1-13-8-14(10-19)2-3-16(13)17(11-20)18-9-15(12-21-18)22-4-6-23-7-5-22/h2-3,8,11,15,20-21H,4-7,9,12H2,1H3/b18-17+,20-11?. The molecule has 1 aromatic carbocycles. The minimum absolute atomic E-state index is 0.475. The van der Waals surface area contributed by atoms with Crippen LogP contribution in [0.15, 0.2) is 23.9 Å². The molecule has 2 aliphatic rings. The molecule has 2 fully saturated rings. The van der Waals surface area contributed by atoms with Crippen LogP contribution in [0.25, 0.3) is 5.57 Å². The summed E-state index contributed by atoms with van der Waals surface area (Å²) < 4.78 is 5.43. The van der Waals surface area contributed by atoms with Crippen LogP contribution in [0.5, 0.6) is 0 Å². The van der Waals surface area contributed by atoms with Crippen molar-refractivity contribution in [3.8, 4) is 6.07 Å². The lowest BCUT2D eigenvalue weighted by atomic mass is 9.96. The third-order valence-corrected chi connectivity index (χ3v) is 4.67. The van der Waals surface area contributed by atoms with E-state index in [0.717, 1.165) is 61.7 Å². The van der Waals surface area contributed by atoms with Gasteiger partial charge in [0, 0.05) is 49.6 Å². The summed E-state index contributed by atoms with van der Waals surface area (Å²) in [6, 6.07) is 8.29. The predicted octanol–water partition coefficient (Wildman–Crippen LogP) is 1.92. The van der Waals surface area contributed by atoms with E-state index < -0.39 is 0 Å². The smallest absolute Gasteiger partial charge is 0.0991 e. The molecule has 0 saturated carbocycles. The van der Waals surface area contributed by atoms with Crippen LogP contribution in [0.2, 0.25) is 0 Å². The van der Waals surface area contributed by atoms with Gasteiger partial charge in [-0.3, -0.25) is 4.90 Å². The molecule has 1 aromatic rings. The highest BCUT2D eigenvalue weighted by Gasteiger charge is 2.28. The van der Waals surface area contributed by atoms with E-state index in [2.05, 4.69) is 16.3 Å². The van der Waals surface area contributed by atoms with E-state index in [-0.39, 0.29) is 0 Å². The molecule has 0 radical (unpaired) electrons. The number of allylic oxidation sites excluding steroid dienone is 1. The van der Waals surface area contributed by atoms with Gasteiger partial charge in [-0.05, 0) is 30.2 Å². The molecule has 0 spiro atoms. The van der Waals surface area contributed by atoms with Crippen molar-refractivity contribution in [2.45, 2.75) is 19.4 Å². The largest absolute Gasteiger partial charge is 0.386 e. The monoisotopic (exact) mass is 310 g/mol. The molecule has 1 atom stereocenters. The topological polar surface area (TPSA) is 72.1 Å². The molecule has 0 amide bonds. The molecule has 120 valence electrons. The Labute approximate surface area is 137 Å². The Balaban J connectivity index is 1.84. The first kappa shape index (κ1) is 15.7. The van der Waals surface area contributed by atoms with Crippen LogP contribution in [-0.2, 0) is 4.74 Å². The minimum atomic E-state index is 0.475. The summed E-state index contributed by atoms with van der Waals surface area (Å²) in [5.74, 6) is 0. The van der Waals surface area contributed by atoms with Gasteiger partial charge in [-0.15, -0.1) is 0 Å². The van der Waals surface area contributed by atoms with Gasteiger partial charge in [-0.2, -0.15) is 5.26 Å². The van der Waals surface area contributed by atoms with E-state index in [1.165, 1.54) is 6.21 Å². The Hall–Kier alpha value is -2.16. The number of hydrogen-bond donors (Lipinski definition) is 2. The first-order valence-electron chi connectivity index (χ1n) is 8.03. The highest BCUT2D eigenvalue weighted by atomic mass is 16.5. The summed E-state index contributed by atoms with van der Waals surface area (Å²) >= 11 is 0. The Morgan fingerprint density at radius 2 is 2.22 bits per heavy atom. The lowest BCUT2D eigenvalue weighted by Gasteiger charge is -2.31. The van der Waals surface area contributed by atoms with Gasteiger partial charge in [-0.25, -0.2) is 0 Å². The number of hydrogen-bond acceptors (Lipinski definition) is 5. The van der Waals surface area contributed by atoms with Gasteiger partial charge < -0.3 is 15.5 Å². The number of ether oxygens (including phenoxy) is 1. The summed E-state index contributed by atoms with van der Waals surface area (Å²) in [6.07, 6.45) is 2.36. The first-order valence-corrected chi connectivity index (χ1v) is 8.03. The molecule has 5 heteroatoms. The summed E-state index contributed by atoms with van der Waals surface area (Å²) in [7, 11) is 0. The van der Waals surface area contributed by atoms with Gasteiger partial charge in [0.25, 0.3) is 0 Å². The van der Waals surface area contributed by atoms with Gasteiger partial charge in [0.2, 0.25) is 0 Å². The predicted molar refractivity (Wildman–Crippen MR) is 90.4 cm³/mol. The molecular formula is C18H22N4O. The third-order valence-electron chi connectivity index (χ3n) is 4.67. The second-order valence-corrected chi connectivity index (χ2v) is 6.07. The van der Waals surface area contributed by atoms with Gasteiger partial charge in [0.05, 0.1) is 24.8 Å². The van der Waals surface area contributed by atoms with Crippen molar-refractivity contribution in [3.63, 3.8) is 0 Å². The SMILES string of the molecule is Cc1cc(C#N)ccc1/C(C=N)=C1\CC(N2CCOCC2)CN1. The van der Waals surface area contributed by atoms with E-state index in [0.29, 0.717) is 11.6 Å². The van der Waals surface area contributed by atoms with E-state index in [1.54, 1.807) is 0 Å². The summed E-state index contributed by atoms with van der Waals surface area (Å²) in [4.78, 5) is 2.47. The maximum atomic E-state index is 9.00. The van der Waals surface area contributed by atoms with Crippen LogP contribution in [-0.4, -0.2) is 50.0 Å². The molecule has 2 aliphatic heterocycles. The minimum Gasteiger partial charge on any atom is -0.386 e. The summed E-state index contributed by atoms with van der Waals surface area (Å²) in [5, 5.41) is 20.3. The Morgan fingerprint density at radius 3 is 2.87 bits per heavy atom. The molecule has 5 nitrogen and oxygen atoms in total. The fraction of sp³-hybridized carbons (Fsp3) is 0.444. The van der Waals surface area contributed by atoms with Gasteiger partial charge >= 0.3 is 0 Å². The number of morpholine rings is 1. The van der Waals surface area contributed by atoms with E-state index >= 15 is 0 Å². The number of benzene rings is 1. The zero-order valence-corrected chi connectivity index (χ0v) is 13.4. The highest BCUT2D eigenvalue weighted by molar-refractivity contribution is 6.10. The number of nitrogens with zero attached hydrogens (tertiary/aromatic N) is 2. The van der Waals surface area contributed by atoms with Crippen LogP contribution >= 0.6 is 0 Å². The molecule has 3 rings (SSSR count). The third kappa shape index (κ3) is 3.29. The van der Waals surface area contributed by atoms with E-state index in [9.17, 15) is 0 Å². The second-order valence-electron chi connectivity index (χ2n) is 6.07. The Morgan fingerprint density at radius 1 is 1.43 bits per heavy atom. The molecule has 2 heterocycles. The quantitative estimate of drug-likeness (QED) is 0.837. The van der Waals surface area contributed by atoms with E-state index in [1.807, 2.05) is 25.1 Å². The van der Waals surface area contributed by atoms with Crippen molar-refractivity contribution in [3.05, 3.63) is 40.6 Å². The molecule has 2 N–H and O–H groups in total. The van der Waals surface area contributed by atoms with Crippen molar-refractivity contribution in [1.29, 1.82) is 10.7 Å². The Bertz CT molecular complexity index is 668. The van der Waals surface area contributed by atoms with Crippen molar-refractivity contribution in [1.82, 2.24) is 10.2 Å². The molecule has 23 heavy (non-hydrogen) atoms. The molecular weight excluding hydrogens is 288 g/mol. The normalized spacial score (nSPS) is 23.9. The van der Waals surface area contributed by atoms with Crippen LogP contribution in [0.3, 0.4) is 0 Å². The van der Waals surface area contributed by atoms with Crippen molar-refractivity contribution >= 4 is 11.8 Å². The number of nitriles is 1. The molecule has 0 aliphatic carbocycles. The second kappa shape index (κ2) is 6.95. The van der Waals surface area contributed by atoms with Crippen LogP contribution in [0.4, 0.5) is 0 Å². The van der Waals surface area contributed by atoms with Crippen LogP contribution in [0, 0.1) is 23.7 Å². The maximum Gasteiger partial charge on any atom is 0.0991 e. The summed E-state index contributed by atoms with van der Waals surface area (Å²) in [6.45, 7) is 6.49. The molecule has 0 aromatic heterocycles. The molecule has 1 unspecified atom stereocenters. The number of nitrogens with one attached hydrogen (secondary N) is 2. The zero-order chi connectivity index (χ0) is 16.2. The van der Waals surface area contributed by atoms with Gasteiger partial charge in [0.1, 0.15) is 0 Å². The lowest BCUT2D eigenvalue weighted by molar-refractivity contribution is 0.0209. The fourth-order valence-corrected chi connectivity index (χ4v) is 3.39. The number of aryl methyl sites for hydroxylation is 1. The van der Waals surface area contributed by atoms with Crippen molar-refractivity contribution in [2.24, 2.45) is 0 Å². The Kier molecular flexibility index (Phi) is 4.75. The molecule has 2 saturated heterocycles. The number of rotatable bonds is 3. The van der Waals surface area contributed by atoms with Gasteiger partial charge in [-0.1, -0.05) is 6.07 Å². The van der Waals surface area contributed by atoms with Crippen molar-refractivity contribution in [2.75, 3.05) is 32.8 Å². The highest BCUT2D eigenvalue weighted by Crippen LogP contribution is 2.27. The first-order chi connectivity index (χ1) is 11.2. The van der Waals surface area contributed by atoms with Crippen LogP contribution in [0.1, 0.15) is 23.1 Å². The van der Waals surface area contributed by atoms with E-state index in [4.69, 9.17) is 15.4 Å². The molecule has 0 bridgehead atoms. The van der Waals surface area contributed by atoms with Gasteiger partial charge in [0.15, 0.2) is 0 Å². The van der Waals surface area contributed by atoms with Crippen molar-refractivity contribution < 1.29 is 4.74 Å². The maximum absolute atomic E-state index is 9.00. The zero-order valence-electron chi connectivity index (χ0n) is 13.4. The average Bonchev–Trinajstić information content (AvgIpc) is 3.07. The summed E-state index contributed by atoms with van der Waals surface area (Å²) in [5.41, 5.74) is 4.79. The average molecular weight is 310 g/mol. The lowest BCUT2D eigenvalue weighted by Crippen LogP contribution is -2.44.